The number of rotatable bonds is 1. The van der Waals surface area contributed by atoms with Gasteiger partial charge < -0.3 is 15.8 Å². The van der Waals surface area contributed by atoms with Gasteiger partial charge in [-0.05, 0) is 42.4 Å². The third-order valence-electron chi connectivity index (χ3n) is 4.61. The minimum atomic E-state index is -0.308. The van der Waals surface area contributed by atoms with Crippen LogP contribution in [-0.2, 0) is 17.6 Å². The second-order valence-electron chi connectivity index (χ2n) is 6.10. The number of nitrogen functional groups attached to an aromatic ring is 1. The maximum atomic E-state index is 11.4. The molecule has 6 heteroatoms. The number of aryl methyl sites for hydroxylation is 2. The number of cyclic esters (lactones) is 1. The Morgan fingerprint density at radius 2 is 2.26 bits per heavy atom. The van der Waals surface area contributed by atoms with Crippen LogP contribution >= 0.6 is 11.3 Å². The fourth-order valence-electron chi connectivity index (χ4n) is 3.44. The lowest BCUT2D eigenvalue weighted by molar-refractivity contribution is 0.136. The van der Waals surface area contributed by atoms with E-state index in [1.807, 2.05) is 0 Å². The summed E-state index contributed by atoms with van der Waals surface area (Å²) in [5, 5.41) is 3.49. The summed E-state index contributed by atoms with van der Waals surface area (Å²) in [4.78, 5) is 17.1. The number of carbonyl (C=O) groups excluding carboxylic acids is 1. The Morgan fingerprint density at radius 3 is 3.17 bits per heavy atom. The van der Waals surface area contributed by atoms with Crippen molar-refractivity contribution in [1.29, 1.82) is 0 Å². The number of aromatic nitrogens is 1. The van der Waals surface area contributed by atoms with Gasteiger partial charge in [-0.25, -0.2) is 9.78 Å². The third-order valence-corrected chi connectivity index (χ3v) is 5.57. The summed E-state index contributed by atoms with van der Waals surface area (Å²) in [6.45, 7) is 1.13. The smallest absolute Gasteiger partial charge is 0.407 e. The highest BCUT2D eigenvalue weighted by atomic mass is 32.1. The van der Waals surface area contributed by atoms with Crippen molar-refractivity contribution in [2.24, 2.45) is 0 Å². The Morgan fingerprint density at radius 1 is 1.35 bits per heavy atom. The van der Waals surface area contributed by atoms with E-state index in [9.17, 15) is 4.79 Å². The minimum Gasteiger partial charge on any atom is -0.450 e. The van der Waals surface area contributed by atoms with Gasteiger partial charge in [0.2, 0.25) is 0 Å². The van der Waals surface area contributed by atoms with E-state index in [4.69, 9.17) is 10.5 Å². The molecule has 0 saturated carbocycles. The summed E-state index contributed by atoms with van der Waals surface area (Å²) in [5.74, 6) is 0.348. The molecule has 5 nitrogen and oxygen atoms in total. The van der Waals surface area contributed by atoms with Crippen LogP contribution in [0.1, 0.15) is 35.6 Å². The van der Waals surface area contributed by atoms with E-state index in [1.165, 1.54) is 21.6 Å². The van der Waals surface area contributed by atoms with Gasteiger partial charge in [0.25, 0.3) is 0 Å². The van der Waals surface area contributed by atoms with E-state index >= 15 is 0 Å². The van der Waals surface area contributed by atoms with E-state index in [0.29, 0.717) is 24.2 Å². The van der Waals surface area contributed by atoms with Crippen LogP contribution < -0.4 is 11.1 Å². The van der Waals surface area contributed by atoms with Crippen molar-refractivity contribution in [3.05, 3.63) is 35.0 Å². The van der Waals surface area contributed by atoms with Crippen molar-refractivity contribution in [2.45, 2.75) is 31.6 Å². The predicted octanol–water partition coefficient (Wildman–Crippen LogP) is 3.09. The summed E-state index contributed by atoms with van der Waals surface area (Å²) < 4.78 is 5.03. The molecule has 1 aromatic heterocycles. The van der Waals surface area contributed by atoms with Gasteiger partial charge >= 0.3 is 6.09 Å². The molecule has 2 aliphatic rings. The molecule has 3 N–H and O–H groups in total. The molecule has 1 amide bonds. The first-order chi connectivity index (χ1) is 11.2. The van der Waals surface area contributed by atoms with Crippen LogP contribution in [-0.4, -0.2) is 24.2 Å². The quantitative estimate of drug-likeness (QED) is 0.843. The minimum absolute atomic E-state index is 0.308. The van der Waals surface area contributed by atoms with E-state index in [0.717, 1.165) is 31.4 Å². The van der Waals surface area contributed by atoms with Gasteiger partial charge in [-0.3, -0.25) is 0 Å². The van der Waals surface area contributed by atoms with Gasteiger partial charge in [0.1, 0.15) is 0 Å². The number of fused-ring (bicyclic) bond motifs is 3. The molecule has 0 spiro atoms. The van der Waals surface area contributed by atoms with Crippen molar-refractivity contribution >= 4 is 22.6 Å². The lowest BCUT2D eigenvalue weighted by atomic mass is 9.87. The Hall–Kier alpha value is -2.08. The monoisotopic (exact) mass is 329 g/mol. The third kappa shape index (κ3) is 2.79. The number of anilines is 1. The van der Waals surface area contributed by atoms with Gasteiger partial charge in [-0.1, -0.05) is 29.5 Å². The van der Waals surface area contributed by atoms with Crippen LogP contribution in [0.15, 0.2) is 18.2 Å². The lowest BCUT2D eigenvalue weighted by Gasteiger charge is -2.23. The number of nitrogens with one attached hydrogen (secondary N) is 1. The van der Waals surface area contributed by atoms with Crippen LogP contribution in [0.3, 0.4) is 0 Å². The van der Waals surface area contributed by atoms with E-state index in [2.05, 4.69) is 28.5 Å². The van der Waals surface area contributed by atoms with Gasteiger partial charge in [0, 0.05) is 12.5 Å². The molecule has 1 aromatic carbocycles. The van der Waals surface area contributed by atoms with Crippen LogP contribution in [0.4, 0.5) is 9.93 Å². The predicted molar refractivity (Wildman–Crippen MR) is 90.7 cm³/mol. The molecule has 1 saturated heterocycles. The normalized spacial score (nSPS) is 20.5. The Bertz CT molecular complexity index is 756. The number of ether oxygens (including phenoxy) is 1. The van der Waals surface area contributed by atoms with E-state index < -0.39 is 0 Å². The molecule has 0 unspecified atom stereocenters. The van der Waals surface area contributed by atoms with Crippen LogP contribution in [0.5, 0.6) is 0 Å². The Labute approximate surface area is 138 Å². The molecule has 1 aliphatic heterocycles. The second kappa shape index (κ2) is 5.85. The summed E-state index contributed by atoms with van der Waals surface area (Å²) in [7, 11) is 0. The SMILES string of the molecule is Nc1nc2c(s1)-c1ccc([C@H]3CCCOC(=O)NC3)cc1CC2. The van der Waals surface area contributed by atoms with Gasteiger partial charge in [-0.15, -0.1) is 0 Å². The number of carbonyl (C=O) groups is 1. The maximum absolute atomic E-state index is 11.4. The summed E-state index contributed by atoms with van der Waals surface area (Å²) in [5.41, 5.74) is 10.9. The largest absolute Gasteiger partial charge is 0.450 e. The van der Waals surface area contributed by atoms with Crippen LogP contribution in [0, 0.1) is 0 Å². The number of nitrogens with two attached hydrogens (primary N) is 1. The summed E-state index contributed by atoms with van der Waals surface area (Å²) in [6, 6.07) is 6.67. The number of benzene rings is 1. The van der Waals surface area contributed by atoms with Crippen LogP contribution in [0.25, 0.3) is 10.4 Å². The van der Waals surface area contributed by atoms with Crippen molar-refractivity contribution < 1.29 is 9.53 Å². The molecular formula is C17H19N3O2S. The lowest BCUT2D eigenvalue weighted by Crippen LogP contribution is -2.31. The molecule has 1 fully saturated rings. The molecule has 1 atom stereocenters. The molecule has 2 aromatic rings. The zero-order valence-corrected chi connectivity index (χ0v) is 13.6. The molecule has 23 heavy (non-hydrogen) atoms. The van der Waals surface area contributed by atoms with Crippen LogP contribution in [0.2, 0.25) is 0 Å². The Kier molecular flexibility index (Phi) is 3.69. The van der Waals surface area contributed by atoms with E-state index in [1.54, 1.807) is 11.3 Å². The van der Waals surface area contributed by atoms with Crippen molar-refractivity contribution in [3.8, 4) is 10.4 Å². The fraction of sp³-hybridized carbons (Fsp3) is 0.412. The average molecular weight is 329 g/mol. The van der Waals surface area contributed by atoms with Gasteiger partial charge in [-0.2, -0.15) is 0 Å². The summed E-state index contributed by atoms with van der Waals surface area (Å²) >= 11 is 1.57. The average Bonchev–Trinajstić information content (AvgIpc) is 2.91. The first kappa shape index (κ1) is 14.5. The van der Waals surface area contributed by atoms with Crippen molar-refractivity contribution in [1.82, 2.24) is 10.3 Å². The standard InChI is InChI=1S/C17H19N3O2S/c18-16-20-14-6-4-11-8-10(3-5-13(11)15(14)23-16)12-2-1-7-22-17(21)19-9-12/h3,5,8,12H,1-2,4,6-7,9H2,(H2,18,20)(H,19,21)/t12-/m0/s1. The molecule has 0 radical (unpaired) electrons. The van der Waals surface area contributed by atoms with Crippen molar-refractivity contribution in [3.63, 3.8) is 0 Å². The number of hydrogen-bond acceptors (Lipinski definition) is 5. The highest BCUT2D eigenvalue weighted by Crippen LogP contribution is 2.39. The van der Waals surface area contributed by atoms with E-state index in [-0.39, 0.29) is 6.09 Å². The molecule has 2 heterocycles. The number of alkyl carbamates (subject to hydrolysis) is 1. The zero-order chi connectivity index (χ0) is 15.8. The highest BCUT2D eigenvalue weighted by Gasteiger charge is 2.23. The van der Waals surface area contributed by atoms with Gasteiger partial charge in [0.15, 0.2) is 5.13 Å². The highest BCUT2D eigenvalue weighted by molar-refractivity contribution is 7.18. The molecule has 1 aliphatic carbocycles. The topological polar surface area (TPSA) is 77.2 Å². The Balaban J connectivity index is 1.63. The number of hydrogen-bond donors (Lipinski definition) is 2. The first-order valence-electron chi connectivity index (χ1n) is 7.99. The fourth-order valence-corrected chi connectivity index (χ4v) is 4.38. The number of thiazole rings is 1. The summed E-state index contributed by atoms with van der Waals surface area (Å²) in [6.07, 6.45) is 3.58. The molecule has 0 bridgehead atoms. The maximum Gasteiger partial charge on any atom is 0.407 e. The zero-order valence-electron chi connectivity index (χ0n) is 12.8. The first-order valence-corrected chi connectivity index (χ1v) is 8.81. The molecule has 120 valence electrons. The number of amides is 1. The molecular weight excluding hydrogens is 310 g/mol. The van der Waals surface area contributed by atoms with Gasteiger partial charge in [0.05, 0.1) is 17.2 Å². The van der Waals surface area contributed by atoms with Crippen molar-refractivity contribution in [2.75, 3.05) is 18.9 Å². The number of nitrogens with zero attached hydrogens (tertiary/aromatic N) is 1. The molecule has 4 rings (SSSR count). The second-order valence-corrected chi connectivity index (χ2v) is 7.13.